The maximum Gasteiger partial charge on any atom is 0.259 e. The van der Waals surface area contributed by atoms with Crippen molar-refractivity contribution in [2.75, 3.05) is 11.4 Å². The van der Waals surface area contributed by atoms with Gasteiger partial charge in [-0.2, -0.15) is 0 Å². The van der Waals surface area contributed by atoms with Gasteiger partial charge in [-0.05, 0) is 47.9 Å². The molecule has 1 aliphatic heterocycles. The Hall–Kier alpha value is -3.14. The number of pyridine rings is 2. The molecular weight excluding hydrogens is 322 g/mol. The van der Waals surface area contributed by atoms with Crippen molar-refractivity contribution in [2.24, 2.45) is 0 Å². The molecular formula is C22H21N3O. The molecule has 26 heavy (non-hydrogen) atoms. The Morgan fingerprint density at radius 2 is 1.73 bits per heavy atom. The van der Waals surface area contributed by atoms with Crippen molar-refractivity contribution in [3.05, 3.63) is 94.0 Å². The van der Waals surface area contributed by atoms with Crippen molar-refractivity contribution in [1.82, 2.24) is 9.55 Å². The lowest BCUT2D eigenvalue weighted by molar-refractivity contribution is 0.543. The zero-order chi connectivity index (χ0) is 17.8. The second kappa shape index (κ2) is 7.40. The topological polar surface area (TPSA) is 38.1 Å². The molecule has 0 atom stereocenters. The van der Waals surface area contributed by atoms with Gasteiger partial charge in [-0.25, -0.2) is 0 Å². The summed E-state index contributed by atoms with van der Waals surface area (Å²) >= 11 is 0. The average Bonchev–Trinajstić information content (AvgIpc) is 2.70. The van der Waals surface area contributed by atoms with E-state index in [1.807, 2.05) is 41.0 Å². The number of hydrogen-bond donors (Lipinski definition) is 0. The minimum Gasteiger partial charge on any atom is -0.354 e. The van der Waals surface area contributed by atoms with Crippen LogP contribution in [0.2, 0.25) is 0 Å². The third-order valence-electron chi connectivity index (χ3n) is 4.69. The summed E-state index contributed by atoms with van der Waals surface area (Å²) in [5.41, 5.74) is 3.08. The van der Waals surface area contributed by atoms with Gasteiger partial charge < -0.3 is 4.90 Å². The van der Waals surface area contributed by atoms with Crippen LogP contribution < -0.4 is 10.5 Å². The highest BCUT2D eigenvalue weighted by Crippen LogP contribution is 2.22. The molecule has 0 amide bonds. The summed E-state index contributed by atoms with van der Waals surface area (Å²) in [6.45, 7) is 2.57. The highest BCUT2D eigenvalue weighted by Gasteiger charge is 2.18. The van der Waals surface area contributed by atoms with Crippen LogP contribution in [0.5, 0.6) is 0 Å². The van der Waals surface area contributed by atoms with Crippen LogP contribution in [-0.2, 0) is 13.1 Å². The second-order valence-electron chi connectivity index (χ2n) is 6.48. The van der Waals surface area contributed by atoms with Gasteiger partial charge in [0.1, 0.15) is 5.82 Å². The standard InChI is InChI=1S/C22H21N3O/c26-22-20(8-7-18-11-13-23-14-12-18)9-10-21-24(15-4-16-25(21)22)17-19-5-2-1-3-6-19/h1-3,5-14H,4,15-17H2/b8-7+. The lowest BCUT2D eigenvalue weighted by Crippen LogP contribution is -2.37. The quantitative estimate of drug-likeness (QED) is 0.723. The summed E-state index contributed by atoms with van der Waals surface area (Å²) in [6, 6.07) is 18.2. The van der Waals surface area contributed by atoms with Gasteiger partial charge in [0.2, 0.25) is 0 Å². The number of aromatic nitrogens is 2. The molecule has 0 fully saturated rings. The predicted molar refractivity (Wildman–Crippen MR) is 106 cm³/mol. The fourth-order valence-electron chi connectivity index (χ4n) is 3.36. The van der Waals surface area contributed by atoms with Gasteiger partial charge >= 0.3 is 0 Å². The third-order valence-corrected chi connectivity index (χ3v) is 4.69. The summed E-state index contributed by atoms with van der Waals surface area (Å²) in [7, 11) is 0. The lowest BCUT2D eigenvalue weighted by atomic mass is 10.1. The molecule has 1 aliphatic rings. The van der Waals surface area contributed by atoms with Crippen molar-refractivity contribution in [1.29, 1.82) is 0 Å². The zero-order valence-corrected chi connectivity index (χ0v) is 14.6. The summed E-state index contributed by atoms with van der Waals surface area (Å²) < 4.78 is 1.90. The molecule has 0 spiro atoms. The van der Waals surface area contributed by atoms with Crippen LogP contribution in [-0.4, -0.2) is 16.1 Å². The monoisotopic (exact) mass is 343 g/mol. The van der Waals surface area contributed by atoms with E-state index < -0.39 is 0 Å². The molecule has 3 aromatic rings. The normalized spacial score (nSPS) is 13.8. The Morgan fingerprint density at radius 1 is 0.923 bits per heavy atom. The van der Waals surface area contributed by atoms with E-state index in [-0.39, 0.29) is 5.56 Å². The Balaban J connectivity index is 1.62. The van der Waals surface area contributed by atoms with Crippen molar-refractivity contribution < 1.29 is 0 Å². The number of nitrogens with zero attached hydrogens (tertiary/aromatic N) is 3. The molecule has 0 unspecified atom stereocenters. The van der Waals surface area contributed by atoms with Gasteiger partial charge in [0.15, 0.2) is 0 Å². The fraction of sp³-hybridized carbons (Fsp3) is 0.182. The molecule has 1 aromatic carbocycles. The van der Waals surface area contributed by atoms with Gasteiger partial charge in [-0.3, -0.25) is 14.3 Å². The van der Waals surface area contributed by atoms with E-state index in [4.69, 9.17) is 0 Å². The van der Waals surface area contributed by atoms with Gasteiger partial charge in [-0.15, -0.1) is 0 Å². The number of anilines is 1. The number of rotatable bonds is 4. The van der Waals surface area contributed by atoms with E-state index in [1.165, 1.54) is 5.56 Å². The zero-order valence-electron chi connectivity index (χ0n) is 14.6. The van der Waals surface area contributed by atoms with Crippen molar-refractivity contribution in [3.8, 4) is 0 Å². The number of fused-ring (bicyclic) bond motifs is 1. The molecule has 0 aliphatic carbocycles. The number of benzene rings is 1. The molecule has 4 heteroatoms. The van der Waals surface area contributed by atoms with Crippen LogP contribution in [0.1, 0.15) is 23.1 Å². The lowest BCUT2D eigenvalue weighted by Gasteiger charge is -2.32. The molecule has 130 valence electrons. The van der Waals surface area contributed by atoms with Crippen LogP contribution in [0.15, 0.2) is 71.8 Å². The van der Waals surface area contributed by atoms with Crippen molar-refractivity contribution >= 4 is 18.0 Å². The highest BCUT2D eigenvalue weighted by molar-refractivity contribution is 5.69. The first-order valence-corrected chi connectivity index (χ1v) is 8.92. The van der Waals surface area contributed by atoms with Crippen LogP contribution in [0.4, 0.5) is 5.82 Å². The molecule has 3 heterocycles. The predicted octanol–water partition coefficient (Wildman–Crippen LogP) is 3.82. The van der Waals surface area contributed by atoms with Gasteiger partial charge in [0.25, 0.3) is 5.56 Å². The molecule has 0 bridgehead atoms. The summed E-state index contributed by atoms with van der Waals surface area (Å²) in [5, 5.41) is 0. The van der Waals surface area contributed by atoms with Crippen LogP contribution in [0, 0.1) is 0 Å². The first kappa shape index (κ1) is 16.3. The molecule has 0 saturated carbocycles. The van der Waals surface area contributed by atoms with Crippen LogP contribution >= 0.6 is 0 Å². The van der Waals surface area contributed by atoms with E-state index in [1.54, 1.807) is 12.4 Å². The Labute approximate surface area is 153 Å². The molecule has 4 rings (SSSR count). The van der Waals surface area contributed by atoms with Crippen molar-refractivity contribution in [2.45, 2.75) is 19.5 Å². The van der Waals surface area contributed by atoms with E-state index in [0.29, 0.717) is 5.56 Å². The Kier molecular flexibility index (Phi) is 4.65. The average molecular weight is 343 g/mol. The summed E-state index contributed by atoms with van der Waals surface area (Å²) in [5.74, 6) is 1.01. The maximum absolute atomic E-state index is 12.9. The summed E-state index contributed by atoms with van der Waals surface area (Å²) in [6.07, 6.45) is 8.33. The highest BCUT2D eigenvalue weighted by atomic mass is 16.1. The number of hydrogen-bond acceptors (Lipinski definition) is 3. The van der Waals surface area contributed by atoms with Gasteiger partial charge in [0, 0.05) is 37.6 Å². The first-order valence-electron chi connectivity index (χ1n) is 8.92. The third kappa shape index (κ3) is 3.45. The smallest absolute Gasteiger partial charge is 0.259 e. The van der Waals surface area contributed by atoms with Crippen molar-refractivity contribution in [3.63, 3.8) is 0 Å². The summed E-state index contributed by atoms with van der Waals surface area (Å²) in [4.78, 5) is 19.2. The second-order valence-corrected chi connectivity index (χ2v) is 6.48. The van der Waals surface area contributed by atoms with Crippen LogP contribution in [0.3, 0.4) is 0 Å². The van der Waals surface area contributed by atoms with E-state index in [0.717, 1.165) is 37.4 Å². The Morgan fingerprint density at radius 3 is 2.54 bits per heavy atom. The largest absolute Gasteiger partial charge is 0.354 e. The minimum atomic E-state index is 0.0746. The molecule has 0 N–H and O–H groups in total. The van der Waals surface area contributed by atoms with E-state index in [9.17, 15) is 4.79 Å². The SMILES string of the molecule is O=c1c(/C=C/c2ccncc2)ccc2n1CCCN2Cc1ccccc1. The first-order chi connectivity index (χ1) is 12.8. The van der Waals surface area contributed by atoms with Crippen LogP contribution in [0.25, 0.3) is 12.2 Å². The Bertz CT molecular complexity index is 962. The fourth-order valence-corrected chi connectivity index (χ4v) is 3.36. The molecule has 2 aromatic heterocycles. The molecule has 4 nitrogen and oxygen atoms in total. The van der Waals surface area contributed by atoms with E-state index in [2.05, 4.69) is 40.2 Å². The van der Waals surface area contributed by atoms with Gasteiger partial charge in [0.05, 0.1) is 0 Å². The molecule has 0 radical (unpaired) electrons. The minimum absolute atomic E-state index is 0.0746. The van der Waals surface area contributed by atoms with Gasteiger partial charge in [-0.1, -0.05) is 36.4 Å². The maximum atomic E-state index is 12.9. The molecule has 0 saturated heterocycles. The van der Waals surface area contributed by atoms with E-state index >= 15 is 0 Å².